The molecule has 5 nitrogen and oxygen atoms in total. The van der Waals surface area contributed by atoms with Crippen LogP contribution in [-0.4, -0.2) is 25.5 Å². The summed E-state index contributed by atoms with van der Waals surface area (Å²) in [4.78, 5) is 12.4. The third-order valence-corrected chi connectivity index (χ3v) is 4.49. The summed E-state index contributed by atoms with van der Waals surface area (Å²) in [6.45, 7) is 2.07. The van der Waals surface area contributed by atoms with Crippen LogP contribution in [0.25, 0.3) is 5.70 Å². The maximum absolute atomic E-state index is 12.4. The predicted octanol–water partition coefficient (Wildman–Crippen LogP) is 3.57. The van der Waals surface area contributed by atoms with E-state index in [-0.39, 0.29) is 5.78 Å². The van der Waals surface area contributed by atoms with E-state index >= 15 is 0 Å². The molecule has 124 valence electrons. The Labute approximate surface area is 147 Å². The van der Waals surface area contributed by atoms with Crippen molar-refractivity contribution in [3.05, 3.63) is 51.9 Å². The van der Waals surface area contributed by atoms with Gasteiger partial charge in [0.15, 0.2) is 21.9 Å². The zero-order valence-corrected chi connectivity index (χ0v) is 14.5. The Kier molecular flexibility index (Phi) is 4.06. The molecule has 6 heteroatoms. The van der Waals surface area contributed by atoms with Crippen molar-refractivity contribution in [1.82, 2.24) is 5.32 Å². The molecule has 1 N–H and O–H groups in total. The van der Waals surface area contributed by atoms with E-state index in [9.17, 15) is 4.79 Å². The number of nitrogens with one attached hydrogen (secondary N) is 1. The molecule has 0 bridgehead atoms. The third kappa shape index (κ3) is 2.94. The van der Waals surface area contributed by atoms with Crippen molar-refractivity contribution in [2.24, 2.45) is 0 Å². The van der Waals surface area contributed by atoms with Crippen LogP contribution in [0, 0.1) is 0 Å². The number of benzene rings is 1. The molecular weight excluding hydrogens is 374 g/mol. The number of hydrogen-bond acceptors (Lipinski definition) is 5. The van der Waals surface area contributed by atoms with E-state index in [1.54, 1.807) is 18.2 Å². The highest BCUT2D eigenvalue weighted by Gasteiger charge is 2.21. The van der Waals surface area contributed by atoms with E-state index in [2.05, 4.69) is 21.2 Å². The summed E-state index contributed by atoms with van der Waals surface area (Å²) in [5.41, 5.74) is 2.91. The number of fused-ring (bicyclic) bond motifs is 2. The molecule has 0 aliphatic carbocycles. The molecule has 0 saturated carbocycles. The van der Waals surface area contributed by atoms with Gasteiger partial charge in [0.1, 0.15) is 0 Å². The van der Waals surface area contributed by atoms with Crippen molar-refractivity contribution in [2.75, 3.05) is 19.8 Å². The highest BCUT2D eigenvalue weighted by atomic mass is 79.9. The SMILES string of the molecule is O=C(C=C1NCCc2cc3c(cc21)OCCCO3)c1ccc(Br)o1. The van der Waals surface area contributed by atoms with Crippen LogP contribution in [0.15, 0.2) is 39.4 Å². The number of halogens is 1. The number of hydrogen-bond donors (Lipinski definition) is 1. The van der Waals surface area contributed by atoms with Gasteiger partial charge < -0.3 is 19.2 Å². The van der Waals surface area contributed by atoms with Gasteiger partial charge in [-0.1, -0.05) is 0 Å². The third-order valence-electron chi connectivity index (χ3n) is 4.06. The summed E-state index contributed by atoms with van der Waals surface area (Å²) in [5, 5.41) is 3.30. The summed E-state index contributed by atoms with van der Waals surface area (Å²) in [6.07, 6.45) is 3.32. The number of ether oxygens (including phenoxy) is 2. The van der Waals surface area contributed by atoms with Gasteiger partial charge in [0.05, 0.1) is 13.2 Å². The molecule has 0 radical (unpaired) electrons. The zero-order chi connectivity index (χ0) is 16.5. The van der Waals surface area contributed by atoms with Crippen LogP contribution in [0.2, 0.25) is 0 Å². The summed E-state index contributed by atoms with van der Waals surface area (Å²) in [7, 11) is 0. The van der Waals surface area contributed by atoms with E-state index < -0.39 is 0 Å². The lowest BCUT2D eigenvalue weighted by Crippen LogP contribution is -2.23. The van der Waals surface area contributed by atoms with Crippen molar-refractivity contribution >= 4 is 27.4 Å². The fourth-order valence-corrected chi connectivity index (χ4v) is 3.22. The number of allylic oxidation sites excluding steroid dienone is 1. The van der Waals surface area contributed by atoms with Gasteiger partial charge in [-0.25, -0.2) is 0 Å². The van der Waals surface area contributed by atoms with E-state index in [0.29, 0.717) is 23.6 Å². The molecule has 0 atom stereocenters. The average molecular weight is 390 g/mol. The Morgan fingerprint density at radius 2 is 1.96 bits per heavy atom. The summed E-state index contributed by atoms with van der Waals surface area (Å²) < 4.78 is 17.4. The van der Waals surface area contributed by atoms with Crippen molar-refractivity contribution in [3.8, 4) is 11.5 Å². The van der Waals surface area contributed by atoms with Crippen LogP contribution >= 0.6 is 15.9 Å². The lowest BCUT2D eigenvalue weighted by atomic mass is 9.96. The standard InChI is InChI=1S/C18H16BrNO4/c19-18-3-2-15(24-18)14(21)10-13-12-9-17-16(22-6-1-7-23-17)8-11(12)4-5-20-13/h2-3,8-10,20H,1,4-7H2. The molecule has 2 aliphatic rings. The molecule has 2 aliphatic heterocycles. The monoisotopic (exact) mass is 389 g/mol. The van der Waals surface area contributed by atoms with E-state index in [1.165, 1.54) is 0 Å². The minimum Gasteiger partial charge on any atom is -0.490 e. The summed E-state index contributed by atoms with van der Waals surface area (Å²) in [5.74, 6) is 1.64. The largest absolute Gasteiger partial charge is 0.490 e. The molecule has 4 rings (SSSR count). The molecule has 0 saturated heterocycles. The smallest absolute Gasteiger partial charge is 0.223 e. The van der Waals surface area contributed by atoms with Crippen LogP contribution in [0.3, 0.4) is 0 Å². The fraction of sp³-hybridized carbons (Fsp3) is 0.278. The van der Waals surface area contributed by atoms with Crippen molar-refractivity contribution in [1.29, 1.82) is 0 Å². The van der Waals surface area contributed by atoms with E-state index in [4.69, 9.17) is 13.9 Å². The fourth-order valence-electron chi connectivity index (χ4n) is 2.91. The molecule has 2 aromatic rings. The minimum atomic E-state index is -0.178. The van der Waals surface area contributed by atoms with Gasteiger partial charge in [0.25, 0.3) is 0 Å². The van der Waals surface area contributed by atoms with Crippen LogP contribution in [0.4, 0.5) is 0 Å². The van der Waals surface area contributed by atoms with Crippen molar-refractivity contribution in [2.45, 2.75) is 12.8 Å². The zero-order valence-electron chi connectivity index (χ0n) is 12.9. The Bertz CT molecular complexity index is 824. The normalized spacial score (nSPS) is 17.8. The van der Waals surface area contributed by atoms with E-state index in [1.807, 2.05) is 12.1 Å². The lowest BCUT2D eigenvalue weighted by molar-refractivity contribution is 0.102. The van der Waals surface area contributed by atoms with Crippen molar-refractivity contribution in [3.63, 3.8) is 0 Å². The Hall–Kier alpha value is -2.21. The molecule has 0 unspecified atom stereocenters. The molecule has 3 heterocycles. The van der Waals surface area contributed by atoms with Crippen LogP contribution < -0.4 is 14.8 Å². The van der Waals surface area contributed by atoms with Gasteiger partial charge in [-0.05, 0) is 52.2 Å². The van der Waals surface area contributed by atoms with Gasteiger partial charge in [0, 0.05) is 30.3 Å². The summed E-state index contributed by atoms with van der Waals surface area (Å²) in [6, 6.07) is 7.35. The molecule has 0 spiro atoms. The lowest BCUT2D eigenvalue weighted by Gasteiger charge is -2.22. The number of carbonyl (C=O) groups excluding carboxylic acids is 1. The molecule has 1 aromatic carbocycles. The minimum absolute atomic E-state index is 0.178. The first-order valence-electron chi connectivity index (χ1n) is 7.89. The maximum Gasteiger partial charge on any atom is 0.223 e. The van der Waals surface area contributed by atoms with Crippen LogP contribution in [-0.2, 0) is 6.42 Å². The molecule has 1 aromatic heterocycles. The average Bonchev–Trinajstić information content (AvgIpc) is 2.88. The van der Waals surface area contributed by atoms with Gasteiger partial charge >= 0.3 is 0 Å². The number of carbonyl (C=O) groups is 1. The first-order valence-corrected chi connectivity index (χ1v) is 8.68. The number of ketones is 1. The maximum atomic E-state index is 12.4. The van der Waals surface area contributed by atoms with Gasteiger partial charge in [0.2, 0.25) is 5.78 Å². The quantitative estimate of drug-likeness (QED) is 0.628. The molecule has 24 heavy (non-hydrogen) atoms. The van der Waals surface area contributed by atoms with Crippen molar-refractivity contribution < 1.29 is 18.7 Å². The van der Waals surface area contributed by atoms with Crippen LogP contribution in [0.5, 0.6) is 11.5 Å². The molecule has 0 amide bonds. The number of furan rings is 1. The Morgan fingerprint density at radius 3 is 2.71 bits per heavy atom. The number of rotatable bonds is 2. The predicted molar refractivity (Wildman–Crippen MR) is 92.5 cm³/mol. The van der Waals surface area contributed by atoms with Gasteiger partial charge in [-0.3, -0.25) is 4.79 Å². The van der Waals surface area contributed by atoms with Gasteiger partial charge in [-0.2, -0.15) is 0 Å². The second-order valence-electron chi connectivity index (χ2n) is 5.71. The highest BCUT2D eigenvalue weighted by molar-refractivity contribution is 9.10. The van der Waals surface area contributed by atoms with Gasteiger partial charge in [-0.15, -0.1) is 0 Å². The Balaban J connectivity index is 1.71. The Morgan fingerprint density at radius 1 is 1.17 bits per heavy atom. The first kappa shape index (κ1) is 15.3. The van der Waals surface area contributed by atoms with Crippen LogP contribution in [0.1, 0.15) is 28.1 Å². The molecule has 0 fully saturated rings. The highest BCUT2D eigenvalue weighted by Crippen LogP contribution is 2.36. The summed E-state index contributed by atoms with van der Waals surface area (Å²) >= 11 is 3.21. The second kappa shape index (κ2) is 6.36. The topological polar surface area (TPSA) is 60.7 Å². The molecular formula is C18H16BrNO4. The first-order chi connectivity index (χ1) is 11.7. The van der Waals surface area contributed by atoms with E-state index in [0.717, 1.165) is 47.7 Å². The second-order valence-corrected chi connectivity index (χ2v) is 6.49.